The van der Waals surface area contributed by atoms with Gasteiger partial charge in [-0.15, -0.1) is 0 Å². The first-order valence-corrected chi connectivity index (χ1v) is 11.1. The number of amides is 2. The summed E-state index contributed by atoms with van der Waals surface area (Å²) in [6.07, 6.45) is 13.5. The molecule has 2 amide bonds. The predicted molar refractivity (Wildman–Crippen MR) is 106 cm³/mol. The lowest BCUT2D eigenvalue weighted by Crippen LogP contribution is -2.57. The van der Waals surface area contributed by atoms with Gasteiger partial charge >= 0.3 is 0 Å². The van der Waals surface area contributed by atoms with Crippen molar-refractivity contribution in [2.45, 2.75) is 103 Å². The average Bonchev–Trinajstić information content (AvgIpc) is 2.69. The van der Waals surface area contributed by atoms with Gasteiger partial charge in [0.05, 0.1) is 0 Å². The number of hydrogen-bond acceptors (Lipinski definition) is 4. The molecule has 27 heavy (non-hydrogen) atoms. The van der Waals surface area contributed by atoms with Crippen molar-refractivity contribution in [3.05, 3.63) is 0 Å². The molecule has 0 radical (unpaired) electrons. The van der Waals surface area contributed by atoms with Gasteiger partial charge in [-0.25, -0.2) is 10.9 Å². The van der Waals surface area contributed by atoms with E-state index in [-0.39, 0.29) is 29.1 Å². The highest BCUT2D eigenvalue weighted by atomic mass is 16.2. The highest BCUT2D eigenvalue weighted by Gasteiger charge is 2.52. The smallest absolute Gasteiger partial charge is 0.237 e. The molecule has 154 valence electrons. The van der Waals surface area contributed by atoms with E-state index in [9.17, 15) is 9.59 Å². The van der Waals surface area contributed by atoms with E-state index >= 15 is 0 Å². The molecule has 0 aromatic carbocycles. The van der Waals surface area contributed by atoms with Gasteiger partial charge in [0.1, 0.15) is 0 Å². The van der Waals surface area contributed by atoms with Crippen molar-refractivity contribution in [2.75, 3.05) is 0 Å². The Morgan fingerprint density at radius 1 is 0.815 bits per heavy atom. The van der Waals surface area contributed by atoms with Crippen LogP contribution in [0.15, 0.2) is 0 Å². The van der Waals surface area contributed by atoms with Gasteiger partial charge in [-0.05, 0) is 43.4 Å². The van der Waals surface area contributed by atoms with E-state index in [1.807, 2.05) is 0 Å². The first kappa shape index (κ1) is 20.6. The number of rotatable bonds is 7. The Bertz CT molecular complexity index is 510. The normalized spacial score (nSPS) is 29.0. The molecule has 0 aliphatic heterocycles. The van der Waals surface area contributed by atoms with Crippen molar-refractivity contribution in [3.8, 4) is 0 Å². The van der Waals surface area contributed by atoms with Crippen LogP contribution >= 0.6 is 0 Å². The molecule has 0 bridgehead atoms. The van der Waals surface area contributed by atoms with Crippen LogP contribution in [0.2, 0.25) is 0 Å². The number of nitrogens with one attached hydrogen (secondary N) is 4. The van der Waals surface area contributed by atoms with E-state index in [1.54, 1.807) is 0 Å². The topological polar surface area (TPSA) is 82.3 Å². The van der Waals surface area contributed by atoms with Crippen molar-refractivity contribution in [3.63, 3.8) is 0 Å². The molecule has 0 spiro atoms. The van der Waals surface area contributed by atoms with E-state index in [4.69, 9.17) is 0 Å². The van der Waals surface area contributed by atoms with Gasteiger partial charge in [0, 0.05) is 24.4 Å². The van der Waals surface area contributed by atoms with E-state index in [0.29, 0.717) is 18.5 Å². The summed E-state index contributed by atoms with van der Waals surface area (Å²) in [5, 5.41) is 0. The fraction of sp³-hybridized carbons (Fsp3) is 0.905. The molecule has 3 aliphatic rings. The Morgan fingerprint density at radius 2 is 1.33 bits per heavy atom. The molecule has 0 saturated heterocycles. The second kappa shape index (κ2) is 9.37. The molecule has 2 unspecified atom stereocenters. The van der Waals surface area contributed by atoms with Gasteiger partial charge in [0.2, 0.25) is 11.8 Å². The minimum Gasteiger partial charge on any atom is -0.291 e. The lowest BCUT2D eigenvalue weighted by molar-refractivity contribution is -0.146. The van der Waals surface area contributed by atoms with E-state index in [2.05, 4.69) is 35.6 Å². The van der Waals surface area contributed by atoms with E-state index in [0.717, 1.165) is 32.1 Å². The molecule has 3 fully saturated rings. The van der Waals surface area contributed by atoms with Crippen LogP contribution in [-0.2, 0) is 9.59 Å². The molecule has 3 saturated carbocycles. The molecule has 0 heterocycles. The first-order chi connectivity index (χ1) is 13.0. The highest BCUT2D eigenvalue weighted by Crippen LogP contribution is 2.52. The largest absolute Gasteiger partial charge is 0.291 e. The summed E-state index contributed by atoms with van der Waals surface area (Å²) in [6, 6.07) is 0.833. The van der Waals surface area contributed by atoms with Crippen molar-refractivity contribution in [2.24, 2.45) is 17.3 Å². The molecular weight excluding hydrogens is 340 g/mol. The molecule has 0 aromatic rings. The minimum atomic E-state index is -0.138. The molecule has 4 N–H and O–H groups in total. The van der Waals surface area contributed by atoms with Gasteiger partial charge in [-0.3, -0.25) is 20.4 Å². The quantitative estimate of drug-likeness (QED) is 0.513. The average molecular weight is 379 g/mol. The summed E-state index contributed by atoms with van der Waals surface area (Å²) in [7, 11) is 0. The zero-order valence-corrected chi connectivity index (χ0v) is 17.1. The second-order valence-corrected chi connectivity index (χ2v) is 9.51. The van der Waals surface area contributed by atoms with Crippen LogP contribution in [0.5, 0.6) is 0 Å². The number of carbonyl (C=O) groups is 2. The maximum absolute atomic E-state index is 12.6. The van der Waals surface area contributed by atoms with Crippen LogP contribution in [0.3, 0.4) is 0 Å². The summed E-state index contributed by atoms with van der Waals surface area (Å²) in [4.78, 5) is 24.9. The lowest BCUT2D eigenvalue weighted by atomic mass is 9.53. The number of hydrazine groups is 2. The van der Waals surface area contributed by atoms with E-state index < -0.39 is 0 Å². The maximum atomic E-state index is 12.6. The van der Waals surface area contributed by atoms with Gasteiger partial charge in [0.25, 0.3) is 0 Å². The number of carbonyl (C=O) groups excluding carboxylic acids is 2. The fourth-order valence-corrected chi connectivity index (χ4v) is 5.02. The Hall–Kier alpha value is -1.14. The third-order valence-electron chi connectivity index (χ3n) is 7.24. The monoisotopic (exact) mass is 378 g/mol. The summed E-state index contributed by atoms with van der Waals surface area (Å²) >= 11 is 0. The van der Waals surface area contributed by atoms with Crippen molar-refractivity contribution >= 4 is 11.8 Å². The van der Waals surface area contributed by atoms with Crippen molar-refractivity contribution in [1.29, 1.82) is 0 Å². The zero-order valence-electron chi connectivity index (χ0n) is 17.1. The Balaban J connectivity index is 1.36. The van der Waals surface area contributed by atoms with E-state index in [1.165, 1.54) is 38.5 Å². The van der Waals surface area contributed by atoms with Crippen LogP contribution in [0.25, 0.3) is 0 Å². The summed E-state index contributed by atoms with van der Waals surface area (Å²) in [5.41, 5.74) is 12.1. The first-order valence-electron chi connectivity index (χ1n) is 11.1. The van der Waals surface area contributed by atoms with Crippen molar-refractivity contribution < 1.29 is 9.59 Å². The predicted octanol–water partition coefficient (Wildman–Crippen LogP) is 2.95. The molecule has 6 heteroatoms. The molecule has 0 aromatic heterocycles. The number of hydrogen-bond donors (Lipinski definition) is 4. The molecule has 3 aliphatic carbocycles. The zero-order chi connectivity index (χ0) is 19.3. The molecular formula is C21H38N4O2. The SMILES string of the molecule is CC1(C)C(CC(=O)NNC2CCCCC2)CC1C(=O)NNC1CCCCC1. The Morgan fingerprint density at radius 3 is 1.85 bits per heavy atom. The van der Waals surface area contributed by atoms with Gasteiger partial charge in [0.15, 0.2) is 0 Å². The molecule has 2 atom stereocenters. The van der Waals surface area contributed by atoms with Crippen LogP contribution < -0.4 is 21.7 Å². The Labute approximate surface area is 163 Å². The molecule has 3 rings (SSSR count). The van der Waals surface area contributed by atoms with Gasteiger partial charge in [-0.1, -0.05) is 52.4 Å². The standard InChI is InChI=1S/C21H38N4O2/c1-21(2)15(14-19(26)24-22-16-9-5-3-6-10-16)13-18(21)20(27)25-23-17-11-7-4-8-12-17/h15-18,22-23H,3-14H2,1-2H3,(H,24,26)(H,25,27). The third-order valence-corrected chi connectivity index (χ3v) is 7.24. The van der Waals surface area contributed by atoms with Crippen LogP contribution in [0, 0.1) is 17.3 Å². The fourth-order valence-electron chi connectivity index (χ4n) is 5.02. The van der Waals surface area contributed by atoms with Gasteiger partial charge in [-0.2, -0.15) is 0 Å². The summed E-state index contributed by atoms with van der Waals surface area (Å²) in [5.74, 6) is 0.384. The lowest BCUT2D eigenvalue weighted by Gasteiger charge is -2.51. The summed E-state index contributed by atoms with van der Waals surface area (Å²) in [6.45, 7) is 4.24. The minimum absolute atomic E-state index is 0.0160. The van der Waals surface area contributed by atoms with Crippen LogP contribution in [-0.4, -0.2) is 23.9 Å². The maximum Gasteiger partial charge on any atom is 0.237 e. The third kappa shape index (κ3) is 5.44. The summed E-state index contributed by atoms with van der Waals surface area (Å²) < 4.78 is 0. The van der Waals surface area contributed by atoms with Gasteiger partial charge < -0.3 is 0 Å². The Kier molecular flexibility index (Phi) is 7.15. The van der Waals surface area contributed by atoms with Crippen molar-refractivity contribution in [1.82, 2.24) is 21.7 Å². The van der Waals surface area contributed by atoms with Crippen LogP contribution in [0.4, 0.5) is 0 Å². The second-order valence-electron chi connectivity index (χ2n) is 9.51. The van der Waals surface area contributed by atoms with Crippen LogP contribution in [0.1, 0.15) is 90.9 Å². The molecule has 6 nitrogen and oxygen atoms in total. The highest BCUT2D eigenvalue weighted by molar-refractivity contribution is 5.81.